The van der Waals surface area contributed by atoms with E-state index in [4.69, 9.17) is 5.26 Å². The number of rotatable bonds is 2. The van der Waals surface area contributed by atoms with Crippen molar-refractivity contribution >= 4 is 27.4 Å². The van der Waals surface area contributed by atoms with Gasteiger partial charge < -0.3 is 5.32 Å². The predicted octanol–water partition coefficient (Wildman–Crippen LogP) is 2.99. The Balaban J connectivity index is 2.37. The van der Waals surface area contributed by atoms with E-state index in [2.05, 4.69) is 31.2 Å². The molecular weight excluding hydrogens is 287 g/mol. The minimum Gasteiger partial charge on any atom is -0.338 e. The van der Waals surface area contributed by atoms with Gasteiger partial charge in [-0.25, -0.2) is 14.4 Å². The van der Waals surface area contributed by atoms with Gasteiger partial charge >= 0.3 is 0 Å². The van der Waals surface area contributed by atoms with Crippen LogP contribution in [0.25, 0.3) is 0 Å². The van der Waals surface area contributed by atoms with E-state index in [1.165, 1.54) is 18.5 Å². The van der Waals surface area contributed by atoms with Crippen molar-refractivity contribution in [3.63, 3.8) is 0 Å². The summed E-state index contributed by atoms with van der Waals surface area (Å²) in [6.45, 7) is 0. The van der Waals surface area contributed by atoms with Gasteiger partial charge in [0.1, 0.15) is 24.0 Å². The fourth-order valence-corrected chi connectivity index (χ4v) is 1.57. The Morgan fingerprint density at radius 1 is 1.41 bits per heavy atom. The van der Waals surface area contributed by atoms with Crippen molar-refractivity contribution in [2.75, 3.05) is 5.32 Å². The molecule has 0 saturated carbocycles. The van der Waals surface area contributed by atoms with E-state index < -0.39 is 5.82 Å². The smallest absolute Gasteiger partial charge is 0.148 e. The van der Waals surface area contributed by atoms with Crippen LogP contribution in [0.2, 0.25) is 0 Å². The molecule has 4 nitrogen and oxygen atoms in total. The molecule has 1 heterocycles. The van der Waals surface area contributed by atoms with Crippen LogP contribution in [0.15, 0.2) is 35.2 Å². The zero-order chi connectivity index (χ0) is 12.3. The van der Waals surface area contributed by atoms with E-state index in [1.807, 2.05) is 6.07 Å². The summed E-state index contributed by atoms with van der Waals surface area (Å²) < 4.78 is 13.6. The number of hydrogen-bond acceptors (Lipinski definition) is 4. The monoisotopic (exact) mass is 292 g/mol. The highest BCUT2D eigenvalue weighted by atomic mass is 79.9. The van der Waals surface area contributed by atoms with Crippen LogP contribution in [0.5, 0.6) is 0 Å². The van der Waals surface area contributed by atoms with Gasteiger partial charge in [-0.2, -0.15) is 5.26 Å². The molecule has 1 aromatic heterocycles. The number of benzene rings is 1. The van der Waals surface area contributed by atoms with Crippen LogP contribution in [-0.2, 0) is 0 Å². The fraction of sp³-hybridized carbons (Fsp3) is 0. The van der Waals surface area contributed by atoms with Gasteiger partial charge in [0.25, 0.3) is 0 Å². The highest BCUT2D eigenvalue weighted by Gasteiger charge is 2.06. The van der Waals surface area contributed by atoms with Gasteiger partial charge in [-0.3, -0.25) is 0 Å². The standard InChI is InChI=1S/C11H6BrFN4/c12-9-5-15-6-16-11(9)17-10-2-1-8(13)3-7(10)4-14/h1-3,5-6H,(H,15,16,17). The molecule has 0 unspecified atom stereocenters. The summed E-state index contributed by atoms with van der Waals surface area (Å²) in [7, 11) is 0. The van der Waals surface area contributed by atoms with Crippen molar-refractivity contribution in [1.82, 2.24) is 9.97 Å². The van der Waals surface area contributed by atoms with Gasteiger partial charge in [-0.15, -0.1) is 0 Å². The molecule has 2 aromatic rings. The summed E-state index contributed by atoms with van der Waals surface area (Å²) in [6, 6.07) is 5.84. The molecule has 2 rings (SSSR count). The van der Waals surface area contributed by atoms with Crippen LogP contribution in [0.1, 0.15) is 5.56 Å². The van der Waals surface area contributed by atoms with Crippen LogP contribution < -0.4 is 5.32 Å². The second kappa shape index (κ2) is 4.89. The molecule has 17 heavy (non-hydrogen) atoms. The van der Waals surface area contributed by atoms with Gasteiger partial charge in [0.05, 0.1) is 15.7 Å². The molecule has 0 aliphatic heterocycles. The molecule has 0 aliphatic rings. The van der Waals surface area contributed by atoms with E-state index in [0.717, 1.165) is 6.07 Å². The van der Waals surface area contributed by atoms with Gasteiger partial charge in [0, 0.05) is 6.20 Å². The number of anilines is 2. The molecule has 0 aliphatic carbocycles. The molecule has 0 saturated heterocycles. The molecule has 6 heteroatoms. The number of halogens is 2. The van der Waals surface area contributed by atoms with E-state index in [0.29, 0.717) is 16.0 Å². The predicted molar refractivity (Wildman–Crippen MR) is 64.1 cm³/mol. The quantitative estimate of drug-likeness (QED) is 0.924. The molecular formula is C11H6BrFN4. The van der Waals surface area contributed by atoms with Crippen molar-refractivity contribution < 1.29 is 4.39 Å². The highest BCUT2D eigenvalue weighted by molar-refractivity contribution is 9.10. The van der Waals surface area contributed by atoms with E-state index in [-0.39, 0.29) is 5.56 Å². The summed E-state index contributed by atoms with van der Waals surface area (Å²) in [5.74, 6) is 0.0666. The average Bonchev–Trinajstić information content (AvgIpc) is 2.34. The fourth-order valence-electron chi connectivity index (χ4n) is 1.25. The van der Waals surface area contributed by atoms with Crippen LogP contribution in [0.3, 0.4) is 0 Å². The van der Waals surface area contributed by atoms with Crippen LogP contribution in [-0.4, -0.2) is 9.97 Å². The molecule has 0 spiro atoms. The summed E-state index contributed by atoms with van der Waals surface area (Å²) in [4.78, 5) is 7.82. The average molecular weight is 293 g/mol. The van der Waals surface area contributed by atoms with Gasteiger partial charge in [0.2, 0.25) is 0 Å². The van der Waals surface area contributed by atoms with E-state index in [1.54, 1.807) is 6.20 Å². The summed E-state index contributed by atoms with van der Waals surface area (Å²) in [5, 5.41) is 11.8. The maximum atomic E-state index is 12.9. The highest BCUT2D eigenvalue weighted by Crippen LogP contribution is 2.24. The Kier molecular flexibility index (Phi) is 3.30. The number of nitrogens with zero attached hydrogens (tertiary/aromatic N) is 3. The van der Waals surface area contributed by atoms with Gasteiger partial charge in [0.15, 0.2) is 0 Å². The Hall–Kier alpha value is -2.00. The summed E-state index contributed by atoms with van der Waals surface area (Å²) in [6.07, 6.45) is 2.95. The first-order valence-corrected chi connectivity index (χ1v) is 5.42. The minimum absolute atomic E-state index is 0.218. The molecule has 1 N–H and O–H groups in total. The van der Waals surface area contributed by atoms with Crippen molar-refractivity contribution in [2.45, 2.75) is 0 Å². The van der Waals surface area contributed by atoms with Crippen molar-refractivity contribution in [2.24, 2.45) is 0 Å². The number of hydrogen-bond donors (Lipinski definition) is 1. The lowest BCUT2D eigenvalue weighted by Gasteiger charge is -2.08. The number of nitriles is 1. The SMILES string of the molecule is N#Cc1cc(F)ccc1Nc1ncncc1Br. The third kappa shape index (κ3) is 2.57. The second-order valence-electron chi connectivity index (χ2n) is 3.15. The largest absolute Gasteiger partial charge is 0.338 e. The summed E-state index contributed by atoms with van der Waals surface area (Å²) in [5.41, 5.74) is 0.712. The van der Waals surface area contributed by atoms with Gasteiger partial charge in [-0.1, -0.05) is 0 Å². The minimum atomic E-state index is -0.450. The zero-order valence-electron chi connectivity index (χ0n) is 8.48. The maximum Gasteiger partial charge on any atom is 0.148 e. The Morgan fingerprint density at radius 3 is 2.94 bits per heavy atom. The topological polar surface area (TPSA) is 61.6 Å². The Labute approximate surface area is 105 Å². The van der Waals surface area contributed by atoms with Crippen LogP contribution >= 0.6 is 15.9 Å². The summed E-state index contributed by atoms with van der Waals surface area (Å²) >= 11 is 3.27. The lowest BCUT2D eigenvalue weighted by Crippen LogP contribution is -1.98. The Bertz CT molecular complexity index is 594. The second-order valence-corrected chi connectivity index (χ2v) is 4.00. The first kappa shape index (κ1) is 11.5. The van der Waals surface area contributed by atoms with Crippen molar-refractivity contribution in [1.29, 1.82) is 5.26 Å². The zero-order valence-corrected chi connectivity index (χ0v) is 10.1. The van der Waals surface area contributed by atoms with Crippen LogP contribution in [0.4, 0.5) is 15.9 Å². The van der Waals surface area contributed by atoms with Crippen molar-refractivity contribution in [3.8, 4) is 6.07 Å². The van der Waals surface area contributed by atoms with Gasteiger partial charge in [-0.05, 0) is 34.1 Å². The lowest BCUT2D eigenvalue weighted by atomic mass is 10.2. The molecule has 0 atom stereocenters. The third-order valence-corrected chi connectivity index (χ3v) is 2.60. The van der Waals surface area contributed by atoms with E-state index >= 15 is 0 Å². The molecule has 0 radical (unpaired) electrons. The normalized spacial score (nSPS) is 9.71. The molecule has 0 fully saturated rings. The van der Waals surface area contributed by atoms with Crippen LogP contribution in [0, 0.1) is 17.1 Å². The Morgan fingerprint density at radius 2 is 2.24 bits per heavy atom. The first-order chi connectivity index (χ1) is 8.20. The number of nitrogens with one attached hydrogen (secondary N) is 1. The maximum absolute atomic E-state index is 12.9. The first-order valence-electron chi connectivity index (χ1n) is 4.63. The molecule has 84 valence electrons. The molecule has 1 aromatic carbocycles. The molecule has 0 bridgehead atoms. The van der Waals surface area contributed by atoms with Crippen molar-refractivity contribution in [3.05, 3.63) is 46.6 Å². The van der Waals surface area contributed by atoms with E-state index in [9.17, 15) is 4.39 Å². The number of aromatic nitrogens is 2. The lowest BCUT2D eigenvalue weighted by molar-refractivity contribution is 0.627. The third-order valence-electron chi connectivity index (χ3n) is 2.02. The molecule has 0 amide bonds.